The molecule has 0 saturated heterocycles. The smallest absolute Gasteiger partial charge is 0.306 e. The van der Waals surface area contributed by atoms with Crippen LogP contribution in [0.3, 0.4) is 0 Å². The molecule has 318 valence electrons. The highest BCUT2D eigenvalue weighted by molar-refractivity contribution is 5.77. The van der Waals surface area contributed by atoms with E-state index in [1.54, 1.807) is 0 Å². The number of aliphatic hydroxyl groups excluding tert-OH is 2. The predicted octanol–water partition coefficient (Wildman–Crippen LogP) is 13.6. The van der Waals surface area contributed by atoms with Crippen LogP contribution in [0.2, 0.25) is 0 Å². The van der Waals surface area contributed by atoms with Gasteiger partial charge in [0.05, 0.1) is 25.2 Å². The zero-order valence-corrected chi connectivity index (χ0v) is 36.1. The fraction of sp³-hybridized carbons (Fsp3) is 0.875. The van der Waals surface area contributed by atoms with E-state index in [9.17, 15) is 19.8 Å². The number of hydrogen-bond acceptors (Lipinski definition) is 5. The van der Waals surface area contributed by atoms with Gasteiger partial charge in [0.25, 0.3) is 0 Å². The van der Waals surface area contributed by atoms with E-state index in [0.717, 1.165) is 70.6 Å². The molecule has 0 fully saturated rings. The van der Waals surface area contributed by atoms with Crippen LogP contribution < -0.4 is 5.32 Å². The molecule has 0 aromatic heterocycles. The van der Waals surface area contributed by atoms with Crippen molar-refractivity contribution in [2.75, 3.05) is 6.61 Å². The molecule has 3 unspecified atom stereocenters. The largest absolute Gasteiger partial charge is 0.462 e. The molecule has 0 aliphatic heterocycles. The molecule has 1 amide bonds. The summed E-state index contributed by atoms with van der Waals surface area (Å²) < 4.78 is 5.88. The number of carbonyl (C=O) groups is 2. The summed E-state index contributed by atoms with van der Waals surface area (Å²) in [4.78, 5) is 26.0. The van der Waals surface area contributed by atoms with Crippen molar-refractivity contribution >= 4 is 11.9 Å². The number of aliphatic hydroxyl groups is 2. The average molecular weight is 762 g/mol. The first-order valence-corrected chi connectivity index (χ1v) is 23.6. The van der Waals surface area contributed by atoms with Crippen molar-refractivity contribution < 1.29 is 24.5 Å². The number of esters is 1. The molecule has 0 aliphatic carbocycles. The molecule has 0 radical (unpaired) electrons. The molecule has 0 saturated carbocycles. The topological polar surface area (TPSA) is 95.9 Å². The number of ether oxygens (including phenoxy) is 1. The third-order valence-electron chi connectivity index (χ3n) is 10.8. The zero-order chi connectivity index (χ0) is 39.6. The van der Waals surface area contributed by atoms with Gasteiger partial charge in [0.2, 0.25) is 5.91 Å². The lowest BCUT2D eigenvalue weighted by molar-refractivity contribution is -0.151. The number of allylic oxidation sites excluding steroid dienone is 4. The number of rotatable bonds is 42. The van der Waals surface area contributed by atoms with Gasteiger partial charge in [-0.2, -0.15) is 0 Å². The number of hydrogen-bond donors (Lipinski definition) is 3. The number of carbonyl (C=O) groups excluding carboxylic acids is 2. The Morgan fingerprint density at radius 3 is 1.37 bits per heavy atom. The van der Waals surface area contributed by atoms with Crippen LogP contribution in [-0.4, -0.2) is 46.9 Å². The monoisotopic (exact) mass is 762 g/mol. The number of amides is 1. The molecule has 6 nitrogen and oxygen atoms in total. The van der Waals surface area contributed by atoms with Crippen molar-refractivity contribution in [3.8, 4) is 0 Å². The van der Waals surface area contributed by atoms with Crippen LogP contribution in [0.4, 0.5) is 0 Å². The van der Waals surface area contributed by atoms with Gasteiger partial charge in [0.15, 0.2) is 0 Å². The lowest BCUT2D eigenvalue weighted by atomic mass is 10.0. The second-order valence-corrected chi connectivity index (χ2v) is 16.2. The second-order valence-electron chi connectivity index (χ2n) is 16.2. The first-order chi connectivity index (χ1) is 26.5. The van der Waals surface area contributed by atoms with E-state index < -0.39 is 18.2 Å². The maximum atomic E-state index is 13.1. The molecule has 0 aromatic rings. The Kier molecular flexibility index (Phi) is 41.2. The minimum Gasteiger partial charge on any atom is -0.462 e. The molecule has 54 heavy (non-hydrogen) atoms. The first-order valence-electron chi connectivity index (χ1n) is 23.6. The Balaban J connectivity index is 4.55. The van der Waals surface area contributed by atoms with Crippen molar-refractivity contribution in [3.05, 3.63) is 24.3 Å². The summed E-state index contributed by atoms with van der Waals surface area (Å²) in [7, 11) is 0. The Hall–Kier alpha value is -1.66. The summed E-state index contributed by atoms with van der Waals surface area (Å²) in [5, 5.41) is 23.7. The summed E-state index contributed by atoms with van der Waals surface area (Å²) in [6.45, 7) is 6.42. The summed E-state index contributed by atoms with van der Waals surface area (Å²) in [6.07, 6.45) is 46.6. The lowest BCUT2D eigenvalue weighted by Crippen LogP contribution is -2.46. The maximum Gasteiger partial charge on any atom is 0.306 e. The van der Waals surface area contributed by atoms with Gasteiger partial charge in [-0.05, 0) is 77.0 Å². The molecule has 0 spiro atoms. The van der Waals surface area contributed by atoms with E-state index in [0.29, 0.717) is 19.3 Å². The fourth-order valence-electron chi connectivity index (χ4n) is 7.12. The van der Waals surface area contributed by atoms with Crippen LogP contribution in [0, 0.1) is 0 Å². The quantitative estimate of drug-likeness (QED) is 0.0327. The van der Waals surface area contributed by atoms with Gasteiger partial charge < -0.3 is 20.3 Å². The third kappa shape index (κ3) is 37.3. The van der Waals surface area contributed by atoms with Crippen molar-refractivity contribution in [2.45, 2.75) is 264 Å². The van der Waals surface area contributed by atoms with Crippen LogP contribution in [0.5, 0.6) is 0 Å². The van der Waals surface area contributed by atoms with E-state index in [1.165, 1.54) is 128 Å². The van der Waals surface area contributed by atoms with Gasteiger partial charge in [-0.25, -0.2) is 0 Å². The first kappa shape index (κ1) is 52.3. The molecular formula is C48H91NO5. The van der Waals surface area contributed by atoms with Crippen LogP contribution >= 0.6 is 0 Å². The van der Waals surface area contributed by atoms with E-state index in [4.69, 9.17) is 4.74 Å². The van der Waals surface area contributed by atoms with Crippen LogP contribution in [-0.2, 0) is 14.3 Å². The van der Waals surface area contributed by atoms with Crippen LogP contribution in [0.1, 0.15) is 245 Å². The molecular weight excluding hydrogens is 671 g/mol. The normalized spacial score (nSPS) is 13.5. The highest BCUT2D eigenvalue weighted by Crippen LogP contribution is 2.17. The summed E-state index contributed by atoms with van der Waals surface area (Å²) in [6, 6.07) is -0.702. The van der Waals surface area contributed by atoms with Gasteiger partial charge in [0.1, 0.15) is 6.10 Å². The summed E-state index contributed by atoms with van der Waals surface area (Å²) >= 11 is 0. The Morgan fingerprint density at radius 1 is 0.519 bits per heavy atom. The number of nitrogens with one attached hydrogen (secondary N) is 1. The SMILES string of the molecule is CCCCC/C=C\CCCCCCCC(=O)OC(CCCCC/C=C\CCCCC)CC(=O)NC(CO)C(O)CCCCCCCCCCCCCCC. The molecule has 0 bridgehead atoms. The Bertz CT molecular complexity index is 858. The number of unbranched alkanes of at least 4 members (excludes halogenated alkanes) is 26. The molecule has 0 heterocycles. The predicted molar refractivity (Wildman–Crippen MR) is 232 cm³/mol. The van der Waals surface area contributed by atoms with E-state index in [2.05, 4.69) is 50.4 Å². The highest BCUT2D eigenvalue weighted by atomic mass is 16.5. The van der Waals surface area contributed by atoms with Gasteiger partial charge in [-0.1, -0.05) is 180 Å². The average Bonchev–Trinajstić information content (AvgIpc) is 3.16. The van der Waals surface area contributed by atoms with Gasteiger partial charge in [0, 0.05) is 6.42 Å². The van der Waals surface area contributed by atoms with Gasteiger partial charge >= 0.3 is 5.97 Å². The molecule has 3 atom stereocenters. The van der Waals surface area contributed by atoms with Crippen molar-refractivity contribution in [1.82, 2.24) is 5.32 Å². The highest BCUT2D eigenvalue weighted by Gasteiger charge is 2.24. The minimum absolute atomic E-state index is 0.0665. The Labute approximate surface area is 335 Å². The van der Waals surface area contributed by atoms with Crippen molar-refractivity contribution in [1.29, 1.82) is 0 Å². The van der Waals surface area contributed by atoms with Crippen LogP contribution in [0.25, 0.3) is 0 Å². The Morgan fingerprint density at radius 2 is 0.889 bits per heavy atom. The van der Waals surface area contributed by atoms with E-state index in [1.807, 2.05) is 0 Å². The van der Waals surface area contributed by atoms with E-state index in [-0.39, 0.29) is 24.9 Å². The van der Waals surface area contributed by atoms with E-state index >= 15 is 0 Å². The third-order valence-corrected chi connectivity index (χ3v) is 10.8. The van der Waals surface area contributed by atoms with Crippen LogP contribution in [0.15, 0.2) is 24.3 Å². The second kappa shape index (κ2) is 42.5. The fourth-order valence-corrected chi connectivity index (χ4v) is 7.12. The minimum atomic E-state index is -0.787. The summed E-state index contributed by atoms with van der Waals surface area (Å²) in [5.74, 6) is -0.496. The van der Waals surface area contributed by atoms with Gasteiger partial charge in [-0.15, -0.1) is 0 Å². The molecule has 0 aliphatic rings. The standard InChI is InChI=1S/C48H91NO5/c1-4-7-10-13-16-19-22-24-25-28-31-34-37-40-46(51)45(43-50)49-47(52)42-44(39-36-33-30-27-21-18-15-12-9-6-3)54-48(53)41-38-35-32-29-26-23-20-17-14-11-8-5-2/h17-18,20-21,44-46,50-51H,4-16,19,22-43H2,1-3H3,(H,49,52)/b20-17-,21-18-. The molecule has 0 rings (SSSR count). The van der Waals surface area contributed by atoms with Crippen molar-refractivity contribution in [2.24, 2.45) is 0 Å². The zero-order valence-electron chi connectivity index (χ0n) is 36.1. The molecule has 0 aromatic carbocycles. The lowest BCUT2D eigenvalue weighted by Gasteiger charge is -2.24. The van der Waals surface area contributed by atoms with Crippen molar-refractivity contribution in [3.63, 3.8) is 0 Å². The summed E-state index contributed by atoms with van der Waals surface area (Å²) in [5.41, 5.74) is 0. The molecule has 6 heteroatoms. The molecule has 3 N–H and O–H groups in total. The maximum absolute atomic E-state index is 13.1. The van der Waals surface area contributed by atoms with Gasteiger partial charge in [-0.3, -0.25) is 9.59 Å².